The van der Waals surface area contributed by atoms with Gasteiger partial charge in [-0.3, -0.25) is 4.79 Å². The average molecular weight is 407 g/mol. The van der Waals surface area contributed by atoms with Crippen molar-refractivity contribution in [2.75, 3.05) is 19.6 Å². The number of nitrogens with zero attached hydrogens (tertiary/aromatic N) is 3. The van der Waals surface area contributed by atoms with Gasteiger partial charge in [0.15, 0.2) is 5.76 Å². The largest absolute Gasteiger partial charge is 0.460 e. The normalized spacial score (nSPS) is 17.2. The van der Waals surface area contributed by atoms with Gasteiger partial charge in [0, 0.05) is 25.2 Å². The molecule has 0 saturated carbocycles. The van der Waals surface area contributed by atoms with Crippen molar-refractivity contribution >= 4 is 5.91 Å². The lowest BCUT2D eigenvalue weighted by molar-refractivity contribution is 0.0941. The number of aromatic nitrogens is 2. The van der Waals surface area contributed by atoms with Crippen molar-refractivity contribution in [1.29, 1.82) is 0 Å². The van der Waals surface area contributed by atoms with Crippen molar-refractivity contribution in [2.24, 2.45) is 0 Å². The molecule has 1 fully saturated rings. The first-order valence-corrected chi connectivity index (χ1v) is 10.9. The molecule has 1 aliphatic heterocycles. The third-order valence-electron chi connectivity index (χ3n) is 5.78. The van der Waals surface area contributed by atoms with E-state index >= 15 is 0 Å². The number of rotatable bonds is 7. The molecule has 158 valence electrons. The highest BCUT2D eigenvalue weighted by Gasteiger charge is 2.20. The quantitative estimate of drug-likeness (QED) is 0.590. The first-order valence-electron chi connectivity index (χ1n) is 10.9. The minimum atomic E-state index is -0.118. The van der Waals surface area contributed by atoms with Crippen molar-refractivity contribution < 1.29 is 9.21 Å². The number of nitrogens with one attached hydrogen (secondary N) is 1. The maximum atomic E-state index is 13.0. The van der Waals surface area contributed by atoms with E-state index in [0.717, 1.165) is 24.4 Å². The Hall–Kier alpha value is -2.86. The maximum Gasteiger partial charge on any atom is 0.270 e. The van der Waals surface area contributed by atoms with E-state index in [1.807, 2.05) is 49.4 Å². The average Bonchev–Trinajstić information content (AvgIpc) is 3.39. The highest BCUT2D eigenvalue weighted by molar-refractivity contribution is 5.94. The van der Waals surface area contributed by atoms with Crippen LogP contribution in [0.4, 0.5) is 0 Å². The van der Waals surface area contributed by atoms with Crippen LogP contribution in [0.5, 0.6) is 0 Å². The van der Waals surface area contributed by atoms with Crippen LogP contribution in [0.3, 0.4) is 0 Å². The summed E-state index contributed by atoms with van der Waals surface area (Å²) in [6.45, 7) is 7.04. The van der Waals surface area contributed by atoms with E-state index in [4.69, 9.17) is 4.42 Å². The number of aryl methyl sites for hydroxylation is 1. The second kappa shape index (κ2) is 9.30. The number of furan rings is 1. The number of likely N-dealkylation sites (tertiary alicyclic amines) is 1. The van der Waals surface area contributed by atoms with Crippen LogP contribution in [0.25, 0.3) is 17.1 Å². The summed E-state index contributed by atoms with van der Waals surface area (Å²) in [7, 11) is 0. The minimum absolute atomic E-state index is 0.118. The summed E-state index contributed by atoms with van der Waals surface area (Å²) in [5, 5.41) is 7.73. The summed E-state index contributed by atoms with van der Waals surface area (Å²) in [6, 6.07) is 15.9. The number of amides is 1. The van der Waals surface area contributed by atoms with Crippen LogP contribution >= 0.6 is 0 Å². The van der Waals surface area contributed by atoms with Crippen LogP contribution in [-0.2, 0) is 0 Å². The molecular formula is C24H30N4O2. The highest BCUT2D eigenvalue weighted by atomic mass is 16.3. The Labute approximate surface area is 177 Å². The van der Waals surface area contributed by atoms with Gasteiger partial charge in [-0.1, -0.05) is 24.6 Å². The minimum Gasteiger partial charge on any atom is -0.460 e. The lowest BCUT2D eigenvalue weighted by Crippen LogP contribution is -2.39. The standard InChI is InChI=1S/C24H30N4O2/c1-18-9-6-7-15-27(18)16-8-14-25-24(29)22-17-21(23-13-12-19(2)30-23)26-28(22)20-10-4-3-5-11-20/h3-5,10-13,17-18H,6-9,14-16H2,1-2H3,(H,25,29). The van der Waals surface area contributed by atoms with Gasteiger partial charge in [0.05, 0.1) is 5.69 Å². The van der Waals surface area contributed by atoms with E-state index in [2.05, 4.69) is 22.2 Å². The molecule has 1 unspecified atom stereocenters. The molecule has 6 heteroatoms. The number of benzene rings is 1. The summed E-state index contributed by atoms with van der Waals surface area (Å²) in [4.78, 5) is 15.5. The molecule has 1 saturated heterocycles. The first-order chi connectivity index (χ1) is 14.6. The summed E-state index contributed by atoms with van der Waals surface area (Å²) >= 11 is 0. The van der Waals surface area contributed by atoms with Crippen LogP contribution < -0.4 is 5.32 Å². The summed E-state index contributed by atoms with van der Waals surface area (Å²) < 4.78 is 7.41. The van der Waals surface area contributed by atoms with E-state index in [-0.39, 0.29) is 5.91 Å². The Balaban J connectivity index is 1.46. The summed E-state index contributed by atoms with van der Waals surface area (Å²) in [6.07, 6.45) is 4.83. The van der Waals surface area contributed by atoms with Crippen molar-refractivity contribution in [1.82, 2.24) is 20.0 Å². The zero-order valence-electron chi connectivity index (χ0n) is 17.8. The molecule has 1 aromatic carbocycles. The molecule has 1 atom stereocenters. The van der Waals surface area contributed by atoms with E-state index in [0.29, 0.717) is 29.7 Å². The third kappa shape index (κ3) is 4.65. The van der Waals surface area contributed by atoms with Gasteiger partial charge in [-0.25, -0.2) is 4.68 Å². The van der Waals surface area contributed by atoms with E-state index in [9.17, 15) is 4.79 Å². The molecule has 0 spiro atoms. The molecule has 0 bridgehead atoms. The van der Waals surface area contributed by atoms with Crippen molar-refractivity contribution in [3.8, 4) is 17.1 Å². The molecule has 1 N–H and O–H groups in total. The Bertz CT molecular complexity index is 976. The number of piperidine rings is 1. The first kappa shape index (κ1) is 20.4. The SMILES string of the molecule is Cc1ccc(-c2cc(C(=O)NCCCN3CCCCC3C)n(-c3ccccc3)n2)o1. The molecular weight excluding hydrogens is 376 g/mol. The predicted octanol–water partition coefficient (Wildman–Crippen LogP) is 4.44. The molecule has 3 aromatic rings. The molecule has 0 radical (unpaired) electrons. The Morgan fingerprint density at radius 3 is 2.77 bits per heavy atom. The topological polar surface area (TPSA) is 63.3 Å². The number of hydrogen-bond acceptors (Lipinski definition) is 4. The number of carbonyl (C=O) groups is 1. The van der Waals surface area contributed by atoms with Gasteiger partial charge in [-0.15, -0.1) is 0 Å². The number of para-hydroxylation sites is 1. The second-order valence-corrected chi connectivity index (χ2v) is 8.06. The van der Waals surface area contributed by atoms with Gasteiger partial charge >= 0.3 is 0 Å². The predicted molar refractivity (Wildman–Crippen MR) is 118 cm³/mol. The fourth-order valence-corrected chi connectivity index (χ4v) is 4.07. The zero-order chi connectivity index (χ0) is 20.9. The third-order valence-corrected chi connectivity index (χ3v) is 5.78. The van der Waals surface area contributed by atoms with Gasteiger partial charge in [0.1, 0.15) is 17.1 Å². The second-order valence-electron chi connectivity index (χ2n) is 8.06. The van der Waals surface area contributed by atoms with Crippen LogP contribution in [0.1, 0.15) is 48.9 Å². The van der Waals surface area contributed by atoms with Gasteiger partial charge in [0.2, 0.25) is 0 Å². The summed E-state index contributed by atoms with van der Waals surface area (Å²) in [5.74, 6) is 1.36. The van der Waals surface area contributed by atoms with E-state index < -0.39 is 0 Å². The van der Waals surface area contributed by atoms with Crippen LogP contribution in [-0.4, -0.2) is 46.3 Å². The van der Waals surface area contributed by atoms with Crippen LogP contribution in [0.2, 0.25) is 0 Å². The molecule has 1 amide bonds. The lowest BCUT2D eigenvalue weighted by atomic mass is 10.0. The van der Waals surface area contributed by atoms with Crippen LogP contribution in [0.15, 0.2) is 52.9 Å². The van der Waals surface area contributed by atoms with Crippen molar-refractivity contribution in [3.05, 3.63) is 60.0 Å². The smallest absolute Gasteiger partial charge is 0.270 e. The monoisotopic (exact) mass is 406 g/mol. The van der Waals surface area contributed by atoms with Gasteiger partial charge in [-0.2, -0.15) is 5.10 Å². The lowest BCUT2D eigenvalue weighted by Gasteiger charge is -2.33. The fraction of sp³-hybridized carbons (Fsp3) is 0.417. The molecule has 4 rings (SSSR count). The van der Waals surface area contributed by atoms with Crippen molar-refractivity contribution in [2.45, 2.75) is 45.6 Å². The molecule has 3 heterocycles. The maximum absolute atomic E-state index is 13.0. The van der Waals surface area contributed by atoms with E-state index in [1.165, 1.54) is 25.8 Å². The Morgan fingerprint density at radius 2 is 2.03 bits per heavy atom. The summed E-state index contributed by atoms with van der Waals surface area (Å²) in [5.41, 5.74) is 2.01. The molecule has 2 aromatic heterocycles. The Morgan fingerprint density at radius 1 is 1.20 bits per heavy atom. The fourth-order valence-electron chi connectivity index (χ4n) is 4.07. The highest BCUT2D eigenvalue weighted by Crippen LogP contribution is 2.24. The molecule has 30 heavy (non-hydrogen) atoms. The molecule has 1 aliphatic rings. The van der Waals surface area contributed by atoms with Crippen LogP contribution in [0, 0.1) is 6.92 Å². The number of carbonyl (C=O) groups excluding carboxylic acids is 1. The van der Waals surface area contributed by atoms with Gasteiger partial charge in [0.25, 0.3) is 5.91 Å². The Kier molecular flexibility index (Phi) is 6.33. The van der Waals surface area contributed by atoms with Gasteiger partial charge < -0.3 is 14.6 Å². The number of hydrogen-bond donors (Lipinski definition) is 1. The molecule has 6 nitrogen and oxygen atoms in total. The molecule has 0 aliphatic carbocycles. The van der Waals surface area contributed by atoms with Crippen molar-refractivity contribution in [3.63, 3.8) is 0 Å². The zero-order valence-corrected chi connectivity index (χ0v) is 17.8. The van der Waals surface area contributed by atoms with E-state index in [1.54, 1.807) is 10.7 Å². The van der Waals surface area contributed by atoms with Gasteiger partial charge in [-0.05, 0) is 63.9 Å².